The Labute approximate surface area is 163 Å². The quantitative estimate of drug-likeness (QED) is 0.824. The number of hydrogen-bond acceptors (Lipinski definition) is 6. The standard InChI is InChI=1S/C20H25N3O3S/c1-15(20(24)21-12-17-3-2-10-27-17)23-8-6-22(7-9-23)13-16-4-5-18-19(11-16)26-14-25-18/h2-5,10-11,15H,6-9,12-14H2,1H3,(H,21,24)/t15-/m1/s1. The van der Waals surface area contributed by atoms with Crippen molar-refractivity contribution in [2.45, 2.75) is 26.1 Å². The zero-order chi connectivity index (χ0) is 18.6. The van der Waals surface area contributed by atoms with Crippen LogP contribution in [0.15, 0.2) is 35.7 Å². The van der Waals surface area contributed by atoms with E-state index in [1.54, 1.807) is 11.3 Å². The van der Waals surface area contributed by atoms with Crippen LogP contribution in [0.1, 0.15) is 17.4 Å². The Morgan fingerprint density at radius 2 is 2.00 bits per heavy atom. The summed E-state index contributed by atoms with van der Waals surface area (Å²) in [5.74, 6) is 1.76. The van der Waals surface area contributed by atoms with E-state index in [0.717, 1.165) is 44.2 Å². The van der Waals surface area contributed by atoms with Crippen LogP contribution in [0.25, 0.3) is 0 Å². The molecule has 2 aromatic rings. The molecule has 1 saturated heterocycles. The predicted octanol–water partition coefficient (Wildman–Crippen LogP) is 2.30. The molecule has 1 amide bonds. The monoisotopic (exact) mass is 387 g/mol. The number of amides is 1. The molecule has 0 radical (unpaired) electrons. The van der Waals surface area contributed by atoms with Gasteiger partial charge in [0.1, 0.15) is 0 Å². The van der Waals surface area contributed by atoms with Gasteiger partial charge in [-0.1, -0.05) is 12.1 Å². The molecule has 1 N–H and O–H groups in total. The number of ether oxygens (including phenoxy) is 2. The predicted molar refractivity (Wildman–Crippen MR) is 105 cm³/mol. The first-order valence-corrected chi connectivity index (χ1v) is 10.2. The number of nitrogens with one attached hydrogen (secondary N) is 1. The van der Waals surface area contributed by atoms with Crippen molar-refractivity contribution in [3.8, 4) is 11.5 Å². The summed E-state index contributed by atoms with van der Waals surface area (Å²) < 4.78 is 10.8. The first-order valence-electron chi connectivity index (χ1n) is 9.34. The van der Waals surface area contributed by atoms with Gasteiger partial charge in [0.15, 0.2) is 11.5 Å². The molecule has 27 heavy (non-hydrogen) atoms. The van der Waals surface area contributed by atoms with Crippen LogP contribution in [-0.2, 0) is 17.9 Å². The summed E-state index contributed by atoms with van der Waals surface area (Å²) in [6, 6.07) is 10.1. The molecule has 1 aromatic carbocycles. The van der Waals surface area contributed by atoms with Crippen LogP contribution >= 0.6 is 11.3 Å². The number of thiophene rings is 1. The van der Waals surface area contributed by atoms with E-state index in [1.807, 2.05) is 30.5 Å². The van der Waals surface area contributed by atoms with Crippen LogP contribution in [0.2, 0.25) is 0 Å². The summed E-state index contributed by atoms with van der Waals surface area (Å²) in [6.07, 6.45) is 0. The van der Waals surface area contributed by atoms with Gasteiger partial charge in [-0.05, 0) is 36.1 Å². The highest BCUT2D eigenvalue weighted by molar-refractivity contribution is 7.09. The maximum Gasteiger partial charge on any atom is 0.237 e. The highest BCUT2D eigenvalue weighted by atomic mass is 32.1. The van der Waals surface area contributed by atoms with E-state index >= 15 is 0 Å². The van der Waals surface area contributed by atoms with E-state index in [-0.39, 0.29) is 11.9 Å². The molecular weight excluding hydrogens is 362 g/mol. The SMILES string of the molecule is C[C@H](C(=O)NCc1cccs1)N1CCN(Cc2ccc3c(c2)OCO3)CC1. The first-order chi connectivity index (χ1) is 13.2. The zero-order valence-electron chi connectivity index (χ0n) is 15.5. The number of nitrogens with zero attached hydrogens (tertiary/aromatic N) is 2. The molecule has 0 saturated carbocycles. The fourth-order valence-corrected chi connectivity index (χ4v) is 4.15. The van der Waals surface area contributed by atoms with Crippen LogP contribution in [0, 0.1) is 0 Å². The van der Waals surface area contributed by atoms with Crippen molar-refractivity contribution in [1.82, 2.24) is 15.1 Å². The van der Waals surface area contributed by atoms with Gasteiger partial charge in [-0.3, -0.25) is 14.6 Å². The molecule has 0 spiro atoms. The van der Waals surface area contributed by atoms with E-state index < -0.39 is 0 Å². The van der Waals surface area contributed by atoms with E-state index in [1.165, 1.54) is 10.4 Å². The lowest BCUT2D eigenvalue weighted by Crippen LogP contribution is -2.53. The number of hydrogen-bond donors (Lipinski definition) is 1. The molecule has 2 aliphatic heterocycles. The number of rotatable bonds is 6. The van der Waals surface area contributed by atoms with Gasteiger partial charge in [-0.15, -0.1) is 11.3 Å². The Morgan fingerprint density at radius 1 is 1.19 bits per heavy atom. The van der Waals surface area contributed by atoms with Crippen molar-refractivity contribution in [3.63, 3.8) is 0 Å². The lowest BCUT2D eigenvalue weighted by Gasteiger charge is -2.37. The van der Waals surface area contributed by atoms with Gasteiger partial charge in [-0.2, -0.15) is 0 Å². The molecule has 6 nitrogen and oxygen atoms in total. The number of piperazine rings is 1. The van der Waals surface area contributed by atoms with Crippen molar-refractivity contribution in [3.05, 3.63) is 46.2 Å². The van der Waals surface area contributed by atoms with Crippen LogP contribution in [0.3, 0.4) is 0 Å². The van der Waals surface area contributed by atoms with Crippen LogP contribution in [0.4, 0.5) is 0 Å². The second-order valence-corrected chi connectivity index (χ2v) is 8.01. The average molecular weight is 388 g/mol. The lowest BCUT2D eigenvalue weighted by molar-refractivity contribution is -0.126. The number of benzene rings is 1. The van der Waals surface area contributed by atoms with Crippen LogP contribution < -0.4 is 14.8 Å². The van der Waals surface area contributed by atoms with Gasteiger partial charge in [0.05, 0.1) is 12.6 Å². The number of fused-ring (bicyclic) bond motifs is 1. The Morgan fingerprint density at radius 3 is 2.78 bits per heavy atom. The molecule has 4 rings (SSSR count). The molecule has 3 heterocycles. The van der Waals surface area contributed by atoms with Gasteiger partial charge >= 0.3 is 0 Å². The molecule has 0 bridgehead atoms. The van der Waals surface area contributed by atoms with E-state index in [0.29, 0.717) is 13.3 Å². The van der Waals surface area contributed by atoms with Gasteiger partial charge < -0.3 is 14.8 Å². The number of carbonyl (C=O) groups is 1. The van der Waals surface area contributed by atoms with Crippen molar-refractivity contribution < 1.29 is 14.3 Å². The average Bonchev–Trinajstić information content (AvgIpc) is 3.37. The number of carbonyl (C=O) groups excluding carboxylic acids is 1. The van der Waals surface area contributed by atoms with E-state index in [4.69, 9.17) is 9.47 Å². The van der Waals surface area contributed by atoms with Crippen molar-refractivity contribution in [2.75, 3.05) is 33.0 Å². The summed E-state index contributed by atoms with van der Waals surface area (Å²) in [4.78, 5) is 18.3. The minimum atomic E-state index is -0.0994. The highest BCUT2D eigenvalue weighted by Crippen LogP contribution is 2.32. The van der Waals surface area contributed by atoms with Crippen molar-refractivity contribution in [1.29, 1.82) is 0 Å². The lowest BCUT2D eigenvalue weighted by atomic mass is 10.1. The maximum atomic E-state index is 12.4. The molecule has 0 aliphatic carbocycles. The molecule has 7 heteroatoms. The van der Waals surface area contributed by atoms with Gasteiger partial charge in [0, 0.05) is 37.6 Å². The molecule has 1 aromatic heterocycles. The third-order valence-corrected chi connectivity index (χ3v) is 6.07. The molecule has 2 aliphatic rings. The van der Waals surface area contributed by atoms with Gasteiger partial charge in [0.2, 0.25) is 12.7 Å². The minimum Gasteiger partial charge on any atom is -0.454 e. The summed E-state index contributed by atoms with van der Waals surface area (Å²) >= 11 is 1.67. The Hall–Kier alpha value is -2.09. The first kappa shape index (κ1) is 18.3. The smallest absolute Gasteiger partial charge is 0.237 e. The van der Waals surface area contributed by atoms with Gasteiger partial charge in [0.25, 0.3) is 0 Å². The Bertz CT molecular complexity index is 773. The summed E-state index contributed by atoms with van der Waals surface area (Å²) in [5, 5.41) is 5.08. The normalized spacial score (nSPS) is 18.4. The second kappa shape index (κ2) is 8.29. The molecule has 144 valence electrons. The largest absolute Gasteiger partial charge is 0.454 e. The van der Waals surface area contributed by atoms with E-state index in [2.05, 4.69) is 27.2 Å². The topological polar surface area (TPSA) is 54.0 Å². The summed E-state index contributed by atoms with van der Waals surface area (Å²) in [6.45, 7) is 7.53. The molecular formula is C20H25N3O3S. The third-order valence-electron chi connectivity index (χ3n) is 5.19. The van der Waals surface area contributed by atoms with Crippen LogP contribution in [-0.4, -0.2) is 54.7 Å². The fraction of sp³-hybridized carbons (Fsp3) is 0.450. The molecule has 0 unspecified atom stereocenters. The second-order valence-electron chi connectivity index (χ2n) is 6.97. The fourth-order valence-electron chi connectivity index (χ4n) is 3.51. The highest BCUT2D eigenvalue weighted by Gasteiger charge is 2.25. The minimum absolute atomic E-state index is 0.0994. The Kier molecular flexibility index (Phi) is 5.61. The summed E-state index contributed by atoms with van der Waals surface area (Å²) in [5.41, 5.74) is 1.23. The Balaban J connectivity index is 1.24. The summed E-state index contributed by atoms with van der Waals surface area (Å²) in [7, 11) is 0. The molecule has 1 atom stereocenters. The van der Waals surface area contributed by atoms with Crippen molar-refractivity contribution in [2.24, 2.45) is 0 Å². The van der Waals surface area contributed by atoms with E-state index in [9.17, 15) is 4.79 Å². The maximum absolute atomic E-state index is 12.4. The zero-order valence-corrected chi connectivity index (χ0v) is 16.3. The van der Waals surface area contributed by atoms with Gasteiger partial charge in [-0.25, -0.2) is 0 Å². The van der Waals surface area contributed by atoms with Crippen LogP contribution in [0.5, 0.6) is 11.5 Å². The third kappa shape index (κ3) is 4.43. The molecule has 1 fully saturated rings. The van der Waals surface area contributed by atoms with Crippen molar-refractivity contribution >= 4 is 17.2 Å².